The summed E-state index contributed by atoms with van der Waals surface area (Å²) in [6.07, 6.45) is 1.62. The highest BCUT2D eigenvalue weighted by Gasteiger charge is 2.35. The first kappa shape index (κ1) is 28.7. The zero-order chi connectivity index (χ0) is 28.9. The Hall–Kier alpha value is -4.31. The number of nitro benzene ring substituents is 1. The first-order valence-corrected chi connectivity index (χ1v) is 13.4. The van der Waals surface area contributed by atoms with Gasteiger partial charge in [0.05, 0.1) is 23.5 Å². The Morgan fingerprint density at radius 3 is 2.23 bits per heavy atom. The molecule has 2 amide bonds. The molecule has 3 aromatic carbocycles. The third-order valence-corrected chi connectivity index (χ3v) is 7.08. The van der Waals surface area contributed by atoms with Gasteiger partial charge in [0.1, 0.15) is 19.0 Å². The summed E-state index contributed by atoms with van der Waals surface area (Å²) >= 11 is 0.840. The van der Waals surface area contributed by atoms with Gasteiger partial charge in [0.25, 0.3) is 16.8 Å². The lowest BCUT2D eigenvalue weighted by atomic mass is 9.87. The number of nitro groups is 1. The van der Waals surface area contributed by atoms with Crippen LogP contribution in [0.4, 0.5) is 10.5 Å². The van der Waals surface area contributed by atoms with Crippen LogP contribution in [0, 0.1) is 10.1 Å². The van der Waals surface area contributed by atoms with E-state index in [0.717, 1.165) is 22.4 Å². The molecule has 10 heteroatoms. The Labute approximate surface area is 236 Å². The van der Waals surface area contributed by atoms with E-state index in [9.17, 15) is 19.7 Å². The largest absolute Gasteiger partial charge is 0.493 e. The van der Waals surface area contributed by atoms with Gasteiger partial charge in [-0.15, -0.1) is 0 Å². The molecule has 9 nitrogen and oxygen atoms in total. The number of carbonyl (C=O) groups is 2. The number of non-ortho nitro benzene ring substituents is 1. The molecule has 0 atom stereocenters. The van der Waals surface area contributed by atoms with E-state index in [4.69, 9.17) is 14.2 Å². The van der Waals surface area contributed by atoms with Crippen LogP contribution in [-0.2, 0) is 16.8 Å². The molecule has 3 aromatic rings. The second-order valence-corrected chi connectivity index (χ2v) is 11.1. The summed E-state index contributed by atoms with van der Waals surface area (Å²) in [7, 11) is 1.53. The summed E-state index contributed by atoms with van der Waals surface area (Å²) < 4.78 is 17.1. The van der Waals surface area contributed by atoms with E-state index in [1.54, 1.807) is 24.3 Å². The fourth-order valence-electron chi connectivity index (χ4n) is 3.95. The van der Waals surface area contributed by atoms with E-state index in [2.05, 4.69) is 32.9 Å². The molecule has 0 spiro atoms. The maximum Gasteiger partial charge on any atom is 0.293 e. The third-order valence-electron chi connectivity index (χ3n) is 6.18. The first-order valence-electron chi connectivity index (χ1n) is 12.6. The van der Waals surface area contributed by atoms with Gasteiger partial charge in [-0.25, -0.2) is 0 Å². The molecule has 4 rings (SSSR count). The normalized spacial score (nSPS) is 14.5. The van der Waals surface area contributed by atoms with Gasteiger partial charge in [0.15, 0.2) is 11.5 Å². The number of hydrogen-bond acceptors (Lipinski definition) is 8. The number of imide groups is 1. The van der Waals surface area contributed by atoms with Crippen molar-refractivity contribution < 1.29 is 28.7 Å². The molecule has 0 radical (unpaired) electrons. The summed E-state index contributed by atoms with van der Waals surface area (Å²) in [5, 5.41) is 10.4. The molecule has 40 heavy (non-hydrogen) atoms. The summed E-state index contributed by atoms with van der Waals surface area (Å²) in [5.74, 6) is 1.34. The molecule has 0 unspecified atom stereocenters. The van der Waals surface area contributed by atoms with Crippen LogP contribution in [0.3, 0.4) is 0 Å². The summed E-state index contributed by atoms with van der Waals surface area (Å²) in [4.78, 5) is 37.2. The lowest BCUT2D eigenvalue weighted by Gasteiger charge is -2.19. The highest BCUT2D eigenvalue weighted by atomic mass is 32.2. The number of carbonyl (C=O) groups excluding carboxylic acids is 2. The minimum Gasteiger partial charge on any atom is -0.493 e. The number of rotatable bonds is 10. The predicted octanol–water partition coefficient (Wildman–Crippen LogP) is 6.60. The van der Waals surface area contributed by atoms with Gasteiger partial charge in [0, 0.05) is 12.1 Å². The van der Waals surface area contributed by atoms with E-state index in [1.165, 1.54) is 36.9 Å². The molecule has 1 saturated heterocycles. The number of benzene rings is 3. The second kappa shape index (κ2) is 12.3. The molecule has 1 aliphatic heterocycles. The van der Waals surface area contributed by atoms with E-state index >= 15 is 0 Å². The van der Waals surface area contributed by atoms with Gasteiger partial charge in [0.2, 0.25) is 0 Å². The van der Waals surface area contributed by atoms with Crippen molar-refractivity contribution in [3.05, 3.63) is 98.4 Å². The summed E-state index contributed by atoms with van der Waals surface area (Å²) in [6.45, 7) is 7.16. The Morgan fingerprint density at radius 1 is 0.925 bits per heavy atom. The Bertz CT molecular complexity index is 1430. The van der Waals surface area contributed by atoms with Crippen molar-refractivity contribution >= 4 is 34.7 Å². The molecular formula is C30H30N2O7S. The highest BCUT2D eigenvalue weighted by Crippen LogP contribution is 2.35. The van der Waals surface area contributed by atoms with Crippen LogP contribution in [-0.4, -0.2) is 41.3 Å². The monoisotopic (exact) mass is 562 g/mol. The average Bonchev–Trinajstić information content (AvgIpc) is 3.18. The Morgan fingerprint density at radius 2 is 1.60 bits per heavy atom. The Kier molecular flexibility index (Phi) is 8.79. The second-order valence-electron chi connectivity index (χ2n) is 10.1. The van der Waals surface area contributed by atoms with Crippen LogP contribution in [0.2, 0.25) is 0 Å². The molecular weight excluding hydrogens is 532 g/mol. The number of amides is 2. The quantitative estimate of drug-likeness (QED) is 0.118. The van der Waals surface area contributed by atoms with Crippen molar-refractivity contribution in [2.75, 3.05) is 20.3 Å². The number of nitrogens with zero attached hydrogens (tertiary/aromatic N) is 2. The molecule has 0 N–H and O–H groups in total. The maximum atomic E-state index is 12.9. The van der Waals surface area contributed by atoms with E-state index in [0.29, 0.717) is 35.8 Å². The van der Waals surface area contributed by atoms with Gasteiger partial charge in [-0.05, 0) is 64.2 Å². The van der Waals surface area contributed by atoms with Crippen LogP contribution >= 0.6 is 11.8 Å². The van der Waals surface area contributed by atoms with Crippen LogP contribution < -0.4 is 14.2 Å². The summed E-state index contributed by atoms with van der Waals surface area (Å²) in [5.41, 5.74) is 2.53. The maximum absolute atomic E-state index is 12.9. The number of ether oxygens (including phenoxy) is 3. The number of methoxy groups -OCH3 is 1. The number of thioether (sulfide) groups is 1. The summed E-state index contributed by atoms with van der Waals surface area (Å²) in [6, 6.07) is 19.0. The zero-order valence-electron chi connectivity index (χ0n) is 22.7. The molecule has 0 aliphatic carbocycles. The van der Waals surface area contributed by atoms with Gasteiger partial charge in [-0.3, -0.25) is 24.6 Å². The average molecular weight is 563 g/mol. The van der Waals surface area contributed by atoms with Crippen LogP contribution in [0.25, 0.3) is 6.08 Å². The lowest BCUT2D eigenvalue weighted by molar-refractivity contribution is -0.384. The highest BCUT2D eigenvalue weighted by molar-refractivity contribution is 8.18. The fraction of sp³-hybridized carbons (Fsp3) is 0.267. The van der Waals surface area contributed by atoms with Crippen molar-refractivity contribution in [2.45, 2.75) is 32.7 Å². The molecule has 208 valence electrons. The van der Waals surface area contributed by atoms with E-state index in [-0.39, 0.29) is 22.6 Å². The van der Waals surface area contributed by atoms with Crippen molar-refractivity contribution in [2.24, 2.45) is 0 Å². The molecule has 1 fully saturated rings. The van der Waals surface area contributed by atoms with Gasteiger partial charge in [-0.1, -0.05) is 51.1 Å². The molecule has 0 saturated carbocycles. The van der Waals surface area contributed by atoms with E-state index < -0.39 is 16.1 Å². The zero-order valence-corrected chi connectivity index (χ0v) is 23.5. The molecule has 0 bridgehead atoms. The van der Waals surface area contributed by atoms with Crippen molar-refractivity contribution in [1.82, 2.24) is 4.90 Å². The topological polar surface area (TPSA) is 108 Å². The number of hydrogen-bond donors (Lipinski definition) is 0. The van der Waals surface area contributed by atoms with E-state index in [1.807, 2.05) is 12.1 Å². The fourth-order valence-corrected chi connectivity index (χ4v) is 4.79. The predicted molar refractivity (Wildman–Crippen MR) is 154 cm³/mol. The first-order chi connectivity index (χ1) is 19.0. The smallest absolute Gasteiger partial charge is 0.293 e. The standard InChI is InChI=1S/C30H30N2O7S/c1-30(2,3)22-8-12-24(13-9-22)38-15-16-39-25-14-7-21(17-26(25)37-4)18-27-28(33)31(29(34)40-27)19-20-5-10-23(11-6-20)32(35)36/h5-14,17-18H,15-16,19H2,1-4H3/b27-18-. The lowest BCUT2D eigenvalue weighted by Crippen LogP contribution is -2.27. The van der Waals surface area contributed by atoms with Gasteiger partial charge in [-0.2, -0.15) is 0 Å². The SMILES string of the molecule is COc1cc(/C=C2\SC(=O)N(Cc3ccc([N+](=O)[O-])cc3)C2=O)ccc1OCCOc1ccc(C(C)(C)C)cc1. The minimum absolute atomic E-state index is 0.0267. The van der Waals surface area contributed by atoms with Crippen molar-refractivity contribution in [3.63, 3.8) is 0 Å². The molecule has 1 heterocycles. The van der Waals surface area contributed by atoms with Crippen molar-refractivity contribution in [1.29, 1.82) is 0 Å². The molecule has 1 aliphatic rings. The van der Waals surface area contributed by atoms with Gasteiger partial charge < -0.3 is 14.2 Å². The van der Waals surface area contributed by atoms with Gasteiger partial charge >= 0.3 is 0 Å². The Balaban J connectivity index is 1.35. The van der Waals surface area contributed by atoms with Crippen LogP contribution in [0.1, 0.15) is 37.5 Å². The van der Waals surface area contributed by atoms with Crippen LogP contribution in [0.5, 0.6) is 17.2 Å². The molecule has 0 aromatic heterocycles. The van der Waals surface area contributed by atoms with Crippen molar-refractivity contribution in [3.8, 4) is 17.2 Å². The minimum atomic E-state index is -0.502. The van der Waals surface area contributed by atoms with Crippen LogP contribution in [0.15, 0.2) is 71.6 Å². The third kappa shape index (κ3) is 7.01.